The Bertz CT molecular complexity index is 93.5. The van der Waals surface area contributed by atoms with Crippen LogP contribution >= 0.6 is 0 Å². The molecule has 0 saturated carbocycles. The molecule has 0 aliphatic carbocycles. The SMILES string of the molecule is CC1CNCC(C)NCCN1. The molecule has 1 aliphatic rings. The molecule has 3 nitrogen and oxygen atoms in total. The van der Waals surface area contributed by atoms with Gasteiger partial charge in [-0.1, -0.05) is 0 Å². The fourth-order valence-corrected chi connectivity index (χ4v) is 1.30. The van der Waals surface area contributed by atoms with Crippen LogP contribution in [0.1, 0.15) is 13.8 Å². The molecule has 11 heavy (non-hydrogen) atoms. The van der Waals surface area contributed by atoms with Crippen molar-refractivity contribution in [1.82, 2.24) is 16.0 Å². The quantitative estimate of drug-likeness (QED) is 0.445. The molecule has 1 rings (SSSR count). The second kappa shape index (κ2) is 4.70. The molecule has 0 bridgehead atoms. The lowest BCUT2D eigenvalue weighted by atomic mass is 10.3. The predicted octanol–water partition coefficient (Wildman–Crippen LogP) is -0.454. The zero-order valence-electron chi connectivity index (χ0n) is 7.48. The molecule has 0 spiro atoms. The van der Waals surface area contributed by atoms with Crippen LogP contribution in [0.15, 0.2) is 0 Å². The first-order valence-electron chi connectivity index (χ1n) is 4.46. The van der Waals surface area contributed by atoms with E-state index < -0.39 is 0 Å². The highest BCUT2D eigenvalue weighted by Gasteiger charge is 2.06. The van der Waals surface area contributed by atoms with Crippen LogP contribution in [0.2, 0.25) is 0 Å². The van der Waals surface area contributed by atoms with E-state index in [0.717, 1.165) is 26.2 Å². The number of hydrogen-bond acceptors (Lipinski definition) is 3. The minimum atomic E-state index is 0.599. The maximum absolute atomic E-state index is 3.42. The fraction of sp³-hybridized carbons (Fsp3) is 1.00. The number of rotatable bonds is 0. The number of hydrogen-bond donors (Lipinski definition) is 3. The van der Waals surface area contributed by atoms with E-state index in [4.69, 9.17) is 0 Å². The lowest BCUT2D eigenvalue weighted by Crippen LogP contribution is -2.37. The van der Waals surface area contributed by atoms with Crippen molar-refractivity contribution in [2.45, 2.75) is 25.9 Å². The molecule has 0 amide bonds. The van der Waals surface area contributed by atoms with Gasteiger partial charge in [-0.3, -0.25) is 0 Å². The molecule has 2 atom stereocenters. The van der Waals surface area contributed by atoms with Crippen molar-refractivity contribution in [3.05, 3.63) is 0 Å². The van der Waals surface area contributed by atoms with Gasteiger partial charge < -0.3 is 16.0 Å². The third-order valence-corrected chi connectivity index (χ3v) is 2.01. The molecule has 3 N–H and O–H groups in total. The van der Waals surface area contributed by atoms with Gasteiger partial charge in [-0.15, -0.1) is 0 Å². The summed E-state index contributed by atoms with van der Waals surface area (Å²) in [5, 5.41) is 10.2. The van der Waals surface area contributed by atoms with Crippen LogP contribution < -0.4 is 16.0 Å². The average Bonchev–Trinajstić information content (AvgIpc) is 2.04. The molecule has 1 saturated heterocycles. The van der Waals surface area contributed by atoms with Crippen molar-refractivity contribution in [3.8, 4) is 0 Å². The van der Waals surface area contributed by atoms with Crippen molar-refractivity contribution in [3.63, 3.8) is 0 Å². The molecule has 1 fully saturated rings. The van der Waals surface area contributed by atoms with Gasteiger partial charge in [0.2, 0.25) is 0 Å². The molecular formula is C8H19N3. The van der Waals surface area contributed by atoms with Gasteiger partial charge in [-0.2, -0.15) is 0 Å². The Kier molecular flexibility index (Phi) is 3.83. The van der Waals surface area contributed by atoms with E-state index in [1.54, 1.807) is 0 Å². The lowest BCUT2D eigenvalue weighted by Gasteiger charge is -2.12. The van der Waals surface area contributed by atoms with Crippen LogP contribution in [-0.4, -0.2) is 38.3 Å². The summed E-state index contributed by atoms with van der Waals surface area (Å²) < 4.78 is 0. The van der Waals surface area contributed by atoms with Gasteiger partial charge in [0.15, 0.2) is 0 Å². The molecule has 2 unspecified atom stereocenters. The lowest BCUT2D eigenvalue weighted by molar-refractivity contribution is 0.517. The van der Waals surface area contributed by atoms with Gasteiger partial charge in [0.25, 0.3) is 0 Å². The molecule has 66 valence electrons. The second-order valence-corrected chi connectivity index (χ2v) is 3.37. The molecule has 0 aromatic carbocycles. The minimum absolute atomic E-state index is 0.599. The summed E-state index contributed by atoms with van der Waals surface area (Å²) in [6, 6.07) is 1.20. The third-order valence-electron chi connectivity index (χ3n) is 2.01. The van der Waals surface area contributed by atoms with Crippen molar-refractivity contribution in [2.75, 3.05) is 26.2 Å². The van der Waals surface area contributed by atoms with E-state index in [-0.39, 0.29) is 0 Å². The van der Waals surface area contributed by atoms with Crippen LogP contribution in [0.4, 0.5) is 0 Å². The van der Waals surface area contributed by atoms with Gasteiger partial charge in [-0.05, 0) is 13.8 Å². The van der Waals surface area contributed by atoms with Crippen molar-refractivity contribution >= 4 is 0 Å². The third kappa shape index (κ3) is 3.70. The van der Waals surface area contributed by atoms with Crippen molar-refractivity contribution < 1.29 is 0 Å². The summed E-state index contributed by atoms with van der Waals surface area (Å²) in [6.45, 7) is 8.73. The Morgan fingerprint density at radius 3 is 1.82 bits per heavy atom. The Balaban J connectivity index is 2.24. The van der Waals surface area contributed by atoms with Gasteiger partial charge in [-0.25, -0.2) is 0 Å². The van der Waals surface area contributed by atoms with E-state index in [2.05, 4.69) is 29.8 Å². The van der Waals surface area contributed by atoms with E-state index >= 15 is 0 Å². The monoisotopic (exact) mass is 157 g/mol. The highest BCUT2D eigenvalue weighted by molar-refractivity contribution is 4.72. The van der Waals surface area contributed by atoms with E-state index in [1.807, 2.05) is 0 Å². The first-order valence-corrected chi connectivity index (χ1v) is 4.46. The Morgan fingerprint density at radius 2 is 1.36 bits per heavy atom. The molecule has 0 aromatic heterocycles. The number of nitrogens with one attached hydrogen (secondary N) is 3. The summed E-state index contributed by atoms with van der Waals surface area (Å²) in [5.74, 6) is 0. The van der Waals surface area contributed by atoms with E-state index in [0.29, 0.717) is 12.1 Å². The van der Waals surface area contributed by atoms with Gasteiger partial charge in [0.05, 0.1) is 0 Å². The minimum Gasteiger partial charge on any atom is -0.314 e. The summed E-state index contributed by atoms with van der Waals surface area (Å²) in [6.07, 6.45) is 0. The molecule has 1 heterocycles. The standard InChI is InChI=1S/C8H19N3/c1-7-5-9-6-8(2)11-4-3-10-7/h7-11H,3-6H2,1-2H3. The molecule has 1 aliphatic heterocycles. The van der Waals surface area contributed by atoms with Gasteiger partial charge in [0, 0.05) is 38.3 Å². The van der Waals surface area contributed by atoms with Crippen LogP contribution in [-0.2, 0) is 0 Å². The summed E-state index contributed by atoms with van der Waals surface area (Å²) in [4.78, 5) is 0. The second-order valence-electron chi connectivity index (χ2n) is 3.37. The van der Waals surface area contributed by atoms with Crippen molar-refractivity contribution in [2.24, 2.45) is 0 Å². The van der Waals surface area contributed by atoms with Gasteiger partial charge in [0.1, 0.15) is 0 Å². The predicted molar refractivity (Wildman–Crippen MR) is 47.8 cm³/mol. The molecule has 0 aromatic rings. The Labute approximate surface area is 68.9 Å². The van der Waals surface area contributed by atoms with Crippen molar-refractivity contribution in [1.29, 1.82) is 0 Å². The summed E-state index contributed by atoms with van der Waals surface area (Å²) in [7, 11) is 0. The average molecular weight is 157 g/mol. The van der Waals surface area contributed by atoms with Crippen LogP contribution in [0.5, 0.6) is 0 Å². The van der Waals surface area contributed by atoms with E-state index in [1.165, 1.54) is 0 Å². The maximum atomic E-state index is 3.42. The van der Waals surface area contributed by atoms with Crippen LogP contribution in [0.25, 0.3) is 0 Å². The molecule has 0 radical (unpaired) electrons. The van der Waals surface area contributed by atoms with Crippen LogP contribution in [0.3, 0.4) is 0 Å². The smallest absolute Gasteiger partial charge is 0.0164 e. The van der Waals surface area contributed by atoms with Crippen LogP contribution in [0, 0.1) is 0 Å². The van der Waals surface area contributed by atoms with Gasteiger partial charge >= 0.3 is 0 Å². The zero-order valence-corrected chi connectivity index (χ0v) is 7.48. The Morgan fingerprint density at radius 1 is 0.909 bits per heavy atom. The first kappa shape index (κ1) is 8.97. The first-order chi connectivity index (χ1) is 5.29. The zero-order chi connectivity index (χ0) is 8.10. The summed E-state index contributed by atoms with van der Waals surface area (Å²) in [5.41, 5.74) is 0. The largest absolute Gasteiger partial charge is 0.314 e. The fourth-order valence-electron chi connectivity index (χ4n) is 1.30. The highest BCUT2D eigenvalue weighted by Crippen LogP contribution is 1.84. The van der Waals surface area contributed by atoms with E-state index in [9.17, 15) is 0 Å². The molecule has 3 heteroatoms. The Hall–Kier alpha value is -0.120. The normalized spacial score (nSPS) is 35.5. The highest BCUT2D eigenvalue weighted by atomic mass is 15.1. The maximum Gasteiger partial charge on any atom is 0.0164 e. The molecular weight excluding hydrogens is 138 g/mol. The topological polar surface area (TPSA) is 36.1 Å². The summed E-state index contributed by atoms with van der Waals surface area (Å²) >= 11 is 0.